The first-order valence-corrected chi connectivity index (χ1v) is 9.27. The van der Waals surface area contributed by atoms with Crippen LogP contribution in [-0.2, 0) is 7.05 Å². The standard InChI is InChI=1S/C22H22N4O2/c1-4-28-20-11-19-17(10-16(20)14(2)27)22(24-13-23-19)18-12-26(3)25-21(18)15-8-6-5-7-9-15/h5-14,27H,4H2,1-3H3. The average Bonchev–Trinajstić information content (AvgIpc) is 3.09. The summed E-state index contributed by atoms with van der Waals surface area (Å²) >= 11 is 0. The summed E-state index contributed by atoms with van der Waals surface area (Å²) in [7, 11) is 1.90. The van der Waals surface area contributed by atoms with Gasteiger partial charge in [-0.2, -0.15) is 5.10 Å². The van der Waals surface area contributed by atoms with Gasteiger partial charge in [0.05, 0.1) is 23.9 Å². The molecule has 4 rings (SSSR count). The second-order valence-electron chi connectivity index (χ2n) is 6.67. The van der Waals surface area contributed by atoms with Crippen LogP contribution >= 0.6 is 0 Å². The molecule has 0 aliphatic rings. The molecule has 0 aliphatic carbocycles. The Morgan fingerprint density at radius 3 is 2.61 bits per heavy atom. The van der Waals surface area contributed by atoms with Gasteiger partial charge in [-0.1, -0.05) is 30.3 Å². The number of fused-ring (bicyclic) bond motifs is 1. The van der Waals surface area contributed by atoms with E-state index in [-0.39, 0.29) is 0 Å². The summed E-state index contributed by atoms with van der Waals surface area (Å²) in [5.74, 6) is 0.643. The molecule has 0 aliphatic heterocycles. The second kappa shape index (κ2) is 7.40. The number of rotatable bonds is 5. The van der Waals surface area contributed by atoms with Crippen LogP contribution in [0.3, 0.4) is 0 Å². The topological polar surface area (TPSA) is 73.1 Å². The number of nitrogens with zero attached hydrogens (tertiary/aromatic N) is 4. The summed E-state index contributed by atoms with van der Waals surface area (Å²) in [5.41, 5.74) is 5.06. The SMILES string of the molecule is CCOc1cc2ncnc(-c3cn(C)nc3-c3ccccc3)c2cc1C(C)O. The van der Waals surface area contributed by atoms with Crippen LogP contribution in [0.25, 0.3) is 33.4 Å². The van der Waals surface area contributed by atoms with Crippen LogP contribution in [0.4, 0.5) is 0 Å². The summed E-state index contributed by atoms with van der Waals surface area (Å²) in [5, 5.41) is 15.8. The van der Waals surface area contributed by atoms with Crippen molar-refractivity contribution in [3.63, 3.8) is 0 Å². The van der Waals surface area contributed by atoms with Gasteiger partial charge in [0.1, 0.15) is 17.8 Å². The number of aromatic nitrogens is 4. The molecule has 2 heterocycles. The Morgan fingerprint density at radius 1 is 1.11 bits per heavy atom. The maximum absolute atomic E-state index is 10.3. The number of aliphatic hydroxyl groups is 1. The average molecular weight is 374 g/mol. The van der Waals surface area contributed by atoms with Crippen molar-refractivity contribution >= 4 is 10.9 Å². The molecule has 6 nitrogen and oxygen atoms in total. The van der Waals surface area contributed by atoms with E-state index in [2.05, 4.69) is 15.1 Å². The predicted octanol–water partition coefficient (Wildman–Crippen LogP) is 4.15. The molecular formula is C22H22N4O2. The van der Waals surface area contributed by atoms with Crippen molar-refractivity contribution in [1.82, 2.24) is 19.7 Å². The highest BCUT2D eigenvalue weighted by Crippen LogP contribution is 2.37. The molecule has 28 heavy (non-hydrogen) atoms. The Morgan fingerprint density at radius 2 is 1.89 bits per heavy atom. The van der Waals surface area contributed by atoms with Crippen LogP contribution in [0.15, 0.2) is 55.0 Å². The molecule has 4 aromatic rings. The molecule has 0 spiro atoms. The number of ether oxygens (including phenoxy) is 1. The lowest BCUT2D eigenvalue weighted by molar-refractivity contribution is 0.192. The summed E-state index contributed by atoms with van der Waals surface area (Å²) in [6, 6.07) is 13.8. The maximum atomic E-state index is 10.3. The van der Waals surface area contributed by atoms with Gasteiger partial charge in [-0.15, -0.1) is 0 Å². The Labute approximate surface area is 163 Å². The van der Waals surface area contributed by atoms with Gasteiger partial charge in [0.25, 0.3) is 0 Å². The van der Waals surface area contributed by atoms with Gasteiger partial charge < -0.3 is 9.84 Å². The van der Waals surface area contributed by atoms with Crippen LogP contribution in [0.1, 0.15) is 25.5 Å². The van der Waals surface area contributed by atoms with Crippen molar-refractivity contribution in [3.8, 4) is 28.3 Å². The maximum Gasteiger partial charge on any atom is 0.127 e. The Kier molecular flexibility index (Phi) is 4.79. The van der Waals surface area contributed by atoms with Gasteiger partial charge >= 0.3 is 0 Å². The lowest BCUT2D eigenvalue weighted by Crippen LogP contribution is -2.01. The third kappa shape index (κ3) is 3.23. The van der Waals surface area contributed by atoms with E-state index < -0.39 is 6.10 Å². The molecule has 142 valence electrons. The van der Waals surface area contributed by atoms with Crippen LogP contribution < -0.4 is 4.74 Å². The van der Waals surface area contributed by atoms with Gasteiger partial charge in [0, 0.05) is 41.4 Å². The fourth-order valence-electron chi connectivity index (χ4n) is 3.39. The van der Waals surface area contributed by atoms with Gasteiger partial charge in [-0.05, 0) is 19.9 Å². The minimum Gasteiger partial charge on any atom is -0.493 e. The first-order chi connectivity index (χ1) is 13.6. The number of aliphatic hydroxyl groups excluding tert-OH is 1. The van der Waals surface area contributed by atoms with Gasteiger partial charge in [0.2, 0.25) is 0 Å². The molecule has 1 atom stereocenters. The summed E-state index contributed by atoms with van der Waals surface area (Å²) in [6.45, 7) is 4.17. The van der Waals surface area contributed by atoms with Crippen LogP contribution in [0.2, 0.25) is 0 Å². The van der Waals surface area contributed by atoms with Gasteiger partial charge in [0.15, 0.2) is 0 Å². The van der Waals surface area contributed by atoms with Gasteiger partial charge in [-0.3, -0.25) is 4.68 Å². The quantitative estimate of drug-likeness (QED) is 0.568. The van der Waals surface area contributed by atoms with Crippen molar-refractivity contribution in [2.45, 2.75) is 20.0 Å². The minimum atomic E-state index is -0.665. The molecule has 2 aromatic heterocycles. The summed E-state index contributed by atoms with van der Waals surface area (Å²) in [6.07, 6.45) is 2.85. The van der Waals surface area contributed by atoms with Crippen molar-refractivity contribution in [2.75, 3.05) is 6.61 Å². The fraction of sp³-hybridized carbons (Fsp3) is 0.227. The predicted molar refractivity (Wildman–Crippen MR) is 109 cm³/mol. The molecule has 0 saturated carbocycles. The first kappa shape index (κ1) is 18.1. The Hall–Kier alpha value is -3.25. The van der Waals surface area contributed by atoms with E-state index in [9.17, 15) is 5.11 Å². The monoisotopic (exact) mass is 374 g/mol. The molecule has 0 fully saturated rings. The van der Waals surface area contributed by atoms with Crippen LogP contribution in [-0.4, -0.2) is 31.5 Å². The van der Waals surface area contributed by atoms with Gasteiger partial charge in [-0.25, -0.2) is 9.97 Å². The van der Waals surface area contributed by atoms with Crippen molar-refractivity contribution in [3.05, 3.63) is 60.6 Å². The van der Waals surface area contributed by atoms with E-state index in [1.54, 1.807) is 17.9 Å². The number of benzene rings is 2. The largest absolute Gasteiger partial charge is 0.493 e. The molecule has 0 radical (unpaired) electrons. The number of aryl methyl sites for hydroxylation is 1. The zero-order valence-electron chi connectivity index (χ0n) is 16.1. The smallest absolute Gasteiger partial charge is 0.127 e. The molecule has 0 amide bonds. The van der Waals surface area contributed by atoms with E-state index >= 15 is 0 Å². The zero-order valence-corrected chi connectivity index (χ0v) is 16.1. The second-order valence-corrected chi connectivity index (χ2v) is 6.67. The van der Waals surface area contributed by atoms with E-state index in [0.717, 1.165) is 39.0 Å². The fourth-order valence-corrected chi connectivity index (χ4v) is 3.39. The van der Waals surface area contributed by atoms with Crippen LogP contribution in [0, 0.1) is 0 Å². The number of hydrogen-bond donors (Lipinski definition) is 1. The Bertz CT molecular complexity index is 1120. The molecular weight excluding hydrogens is 352 g/mol. The van der Waals surface area contributed by atoms with E-state index in [4.69, 9.17) is 4.74 Å². The van der Waals surface area contributed by atoms with Crippen LogP contribution in [0.5, 0.6) is 5.75 Å². The third-order valence-corrected chi connectivity index (χ3v) is 4.65. The summed E-state index contributed by atoms with van der Waals surface area (Å²) in [4.78, 5) is 8.99. The first-order valence-electron chi connectivity index (χ1n) is 9.27. The van der Waals surface area contributed by atoms with E-state index in [0.29, 0.717) is 12.4 Å². The molecule has 0 bridgehead atoms. The normalized spacial score (nSPS) is 12.3. The molecule has 6 heteroatoms. The lowest BCUT2D eigenvalue weighted by atomic mass is 10.00. The lowest BCUT2D eigenvalue weighted by Gasteiger charge is -2.15. The molecule has 0 saturated heterocycles. The van der Waals surface area contributed by atoms with Crippen molar-refractivity contribution < 1.29 is 9.84 Å². The Balaban J connectivity index is 1.97. The molecule has 1 unspecified atom stereocenters. The van der Waals surface area contributed by atoms with Crippen molar-refractivity contribution in [2.24, 2.45) is 7.05 Å². The highest BCUT2D eigenvalue weighted by Gasteiger charge is 2.19. The third-order valence-electron chi connectivity index (χ3n) is 4.65. The highest BCUT2D eigenvalue weighted by atomic mass is 16.5. The summed E-state index contributed by atoms with van der Waals surface area (Å²) < 4.78 is 7.50. The van der Waals surface area contributed by atoms with E-state index in [1.807, 2.05) is 62.6 Å². The highest BCUT2D eigenvalue weighted by molar-refractivity contribution is 5.96. The minimum absolute atomic E-state index is 0.518. The number of hydrogen-bond acceptors (Lipinski definition) is 5. The molecule has 2 aromatic carbocycles. The van der Waals surface area contributed by atoms with E-state index in [1.165, 1.54) is 0 Å². The zero-order chi connectivity index (χ0) is 19.7. The van der Waals surface area contributed by atoms with Crippen molar-refractivity contribution in [1.29, 1.82) is 0 Å². The molecule has 1 N–H and O–H groups in total.